The van der Waals surface area contributed by atoms with Crippen molar-refractivity contribution in [1.82, 2.24) is 9.55 Å². The van der Waals surface area contributed by atoms with Crippen LogP contribution in [0.4, 0.5) is 0 Å². The van der Waals surface area contributed by atoms with Crippen LogP contribution in [0.15, 0.2) is 12.5 Å². The number of carbonyl (C=O) groups excluding carboxylic acids is 1. The van der Waals surface area contributed by atoms with E-state index in [-0.39, 0.29) is 16.7 Å². The summed E-state index contributed by atoms with van der Waals surface area (Å²) in [6.07, 6.45) is 5.95. The maximum atomic E-state index is 11.3. The molecule has 2 unspecified atom stereocenters. The minimum atomic E-state index is -0.493. The van der Waals surface area contributed by atoms with Crippen LogP contribution in [0.5, 0.6) is 0 Å². The molecule has 1 fully saturated rings. The minimum Gasteiger partial charge on any atom is -0.464 e. The topological polar surface area (TPSA) is 87.3 Å². The minimum absolute atomic E-state index is 0.0417. The molecule has 0 amide bonds. The van der Waals surface area contributed by atoms with Gasteiger partial charge in [0, 0.05) is 30.0 Å². The van der Waals surface area contributed by atoms with Gasteiger partial charge in [-0.05, 0) is 12.8 Å². The highest BCUT2D eigenvalue weighted by atomic mass is 16.6. The molecule has 2 atom stereocenters. The maximum Gasteiger partial charge on any atom is 0.358 e. The Balaban J connectivity index is 2.09. The monoisotopic (exact) mass is 253 g/mol. The van der Waals surface area contributed by atoms with E-state index in [4.69, 9.17) is 0 Å². The van der Waals surface area contributed by atoms with Gasteiger partial charge in [-0.25, -0.2) is 9.78 Å². The van der Waals surface area contributed by atoms with Gasteiger partial charge in [0.25, 0.3) is 0 Å². The molecule has 0 radical (unpaired) electrons. The van der Waals surface area contributed by atoms with Crippen molar-refractivity contribution < 1.29 is 14.5 Å². The number of carbonyl (C=O) groups is 1. The second-order valence-electron chi connectivity index (χ2n) is 4.46. The Morgan fingerprint density at radius 3 is 3.06 bits per heavy atom. The molecule has 1 saturated carbocycles. The molecule has 0 spiro atoms. The fraction of sp³-hybridized carbons (Fsp3) is 0.636. The molecule has 0 bridgehead atoms. The number of esters is 1. The van der Waals surface area contributed by atoms with Gasteiger partial charge in [0.1, 0.15) is 0 Å². The van der Waals surface area contributed by atoms with Gasteiger partial charge in [0.15, 0.2) is 5.69 Å². The third-order valence-corrected chi connectivity index (χ3v) is 3.33. The average Bonchev–Trinajstić information content (AvgIpc) is 2.87. The number of ether oxygens (including phenoxy) is 1. The van der Waals surface area contributed by atoms with E-state index < -0.39 is 12.0 Å². The van der Waals surface area contributed by atoms with E-state index in [0.717, 1.165) is 12.8 Å². The van der Waals surface area contributed by atoms with E-state index in [1.54, 1.807) is 17.1 Å². The lowest BCUT2D eigenvalue weighted by atomic mass is 9.91. The Labute approximate surface area is 104 Å². The number of hydrogen-bond donors (Lipinski definition) is 0. The molecule has 1 aliphatic carbocycles. The van der Waals surface area contributed by atoms with Crippen LogP contribution < -0.4 is 0 Å². The highest BCUT2D eigenvalue weighted by Gasteiger charge is 2.30. The zero-order chi connectivity index (χ0) is 13.1. The van der Waals surface area contributed by atoms with Crippen molar-refractivity contribution in [3.8, 4) is 0 Å². The number of rotatable bonds is 3. The number of nitro groups is 1. The first-order valence-corrected chi connectivity index (χ1v) is 5.87. The molecule has 2 rings (SSSR count). The molecule has 7 nitrogen and oxygen atoms in total. The molecule has 98 valence electrons. The summed E-state index contributed by atoms with van der Waals surface area (Å²) in [5, 5.41) is 10.8. The average molecular weight is 253 g/mol. The van der Waals surface area contributed by atoms with E-state index in [1.165, 1.54) is 7.11 Å². The number of aromatic nitrogens is 2. The zero-order valence-corrected chi connectivity index (χ0v) is 10.1. The lowest BCUT2D eigenvalue weighted by Crippen LogP contribution is -2.28. The van der Waals surface area contributed by atoms with Crippen LogP contribution in [0.1, 0.15) is 42.2 Å². The summed E-state index contributed by atoms with van der Waals surface area (Å²) in [5.41, 5.74) is 0.237. The van der Waals surface area contributed by atoms with Gasteiger partial charge in [0.05, 0.1) is 13.4 Å². The zero-order valence-electron chi connectivity index (χ0n) is 10.1. The molecule has 1 heterocycles. The molecule has 0 aliphatic heterocycles. The van der Waals surface area contributed by atoms with E-state index in [2.05, 4.69) is 9.72 Å². The molecule has 18 heavy (non-hydrogen) atoms. The first-order valence-electron chi connectivity index (χ1n) is 5.87. The molecule has 0 aromatic carbocycles. The van der Waals surface area contributed by atoms with Crippen molar-refractivity contribution in [3.63, 3.8) is 0 Å². The molecule has 1 aromatic rings. The van der Waals surface area contributed by atoms with Crippen molar-refractivity contribution in [2.24, 2.45) is 0 Å². The van der Waals surface area contributed by atoms with Gasteiger partial charge in [-0.15, -0.1) is 0 Å². The maximum absolute atomic E-state index is 11.3. The highest BCUT2D eigenvalue weighted by molar-refractivity contribution is 5.86. The van der Waals surface area contributed by atoms with Crippen molar-refractivity contribution >= 4 is 5.97 Å². The Hall–Kier alpha value is -1.92. The van der Waals surface area contributed by atoms with Crippen LogP contribution in [0.2, 0.25) is 0 Å². The molecule has 1 aromatic heterocycles. The third kappa shape index (κ3) is 2.49. The SMILES string of the molecule is COC(=O)c1cn(C2CCCC([N+](=O)[O-])C2)cn1. The Kier molecular flexibility index (Phi) is 3.59. The number of hydrogen-bond acceptors (Lipinski definition) is 5. The Bertz CT molecular complexity index is 457. The van der Waals surface area contributed by atoms with Crippen LogP contribution in [0, 0.1) is 10.1 Å². The Morgan fingerprint density at radius 1 is 1.61 bits per heavy atom. The summed E-state index contributed by atoms with van der Waals surface area (Å²) in [6, 6.07) is -0.451. The quantitative estimate of drug-likeness (QED) is 0.462. The predicted molar refractivity (Wildman–Crippen MR) is 61.9 cm³/mol. The van der Waals surface area contributed by atoms with E-state index in [1.807, 2.05) is 0 Å². The summed E-state index contributed by atoms with van der Waals surface area (Å²) < 4.78 is 6.35. The van der Waals surface area contributed by atoms with Gasteiger partial charge in [-0.3, -0.25) is 10.1 Å². The number of methoxy groups -OCH3 is 1. The summed E-state index contributed by atoms with van der Waals surface area (Å²) >= 11 is 0. The molecule has 7 heteroatoms. The van der Waals surface area contributed by atoms with Crippen LogP contribution in [-0.4, -0.2) is 33.6 Å². The number of nitrogens with zero attached hydrogens (tertiary/aromatic N) is 3. The summed E-state index contributed by atoms with van der Waals surface area (Å²) in [5.74, 6) is -0.490. The van der Waals surface area contributed by atoms with Gasteiger partial charge in [-0.2, -0.15) is 0 Å². The third-order valence-electron chi connectivity index (χ3n) is 3.33. The molecule has 0 saturated heterocycles. The van der Waals surface area contributed by atoms with Gasteiger partial charge in [-0.1, -0.05) is 0 Å². The first kappa shape index (κ1) is 12.5. The number of imidazole rings is 1. The van der Waals surface area contributed by atoms with E-state index >= 15 is 0 Å². The molecule has 0 N–H and O–H groups in total. The van der Waals surface area contributed by atoms with Gasteiger partial charge < -0.3 is 9.30 Å². The van der Waals surface area contributed by atoms with Crippen molar-refractivity contribution in [2.75, 3.05) is 7.11 Å². The van der Waals surface area contributed by atoms with Crippen LogP contribution in [-0.2, 0) is 4.74 Å². The lowest BCUT2D eigenvalue weighted by molar-refractivity contribution is -0.527. The lowest BCUT2D eigenvalue weighted by Gasteiger charge is -2.25. The van der Waals surface area contributed by atoms with Crippen molar-refractivity contribution in [2.45, 2.75) is 37.8 Å². The molecule has 1 aliphatic rings. The molecular weight excluding hydrogens is 238 g/mol. The normalized spacial score (nSPS) is 23.6. The second kappa shape index (κ2) is 5.16. The van der Waals surface area contributed by atoms with Crippen LogP contribution in [0.25, 0.3) is 0 Å². The van der Waals surface area contributed by atoms with Crippen molar-refractivity contribution in [3.05, 3.63) is 28.3 Å². The summed E-state index contributed by atoms with van der Waals surface area (Å²) in [7, 11) is 1.30. The summed E-state index contributed by atoms with van der Waals surface area (Å²) in [6.45, 7) is 0. The van der Waals surface area contributed by atoms with E-state index in [0.29, 0.717) is 12.8 Å². The smallest absolute Gasteiger partial charge is 0.358 e. The Morgan fingerprint density at radius 2 is 2.39 bits per heavy atom. The summed E-state index contributed by atoms with van der Waals surface area (Å²) in [4.78, 5) is 25.8. The van der Waals surface area contributed by atoms with Gasteiger partial charge in [0.2, 0.25) is 6.04 Å². The van der Waals surface area contributed by atoms with Gasteiger partial charge >= 0.3 is 5.97 Å². The first-order chi connectivity index (χ1) is 8.61. The largest absolute Gasteiger partial charge is 0.464 e. The highest BCUT2D eigenvalue weighted by Crippen LogP contribution is 2.29. The van der Waals surface area contributed by atoms with E-state index in [9.17, 15) is 14.9 Å². The van der Waals surface area contributed by atoms with Crippen molar-refractivity contribution in [1.29, 1.82) is 0 Å². The predicted octanol–water partition coefficient (Wildman–Crippen LogP) is 1.43. The van der Waals surface area contributed by atoms with Crippen LogP contribution in [0.3, 0.4) is 0 Å². The van der Waals surface area contributed by atoms with Crippen LogP contribution >= 0.6 is 0 Å². The standard InChI is InChI=1S/C11H15N3O4/c1-18-11(15)10-6-13(7-12-10)8-3-2-4-9(5-8)14(16)17/h6-9H,2-5H2,1H3. The fourth-order valence-corrected chi connectivity index (χ4v) is 2.35. The fourth-order valence-electron chi connectivity index (χ4n) is 2.35. The second-order valence-corrected chi connectivity index (χ2v) is 4.46. The molecular formula is C11H15N3O4.